The van der Waals surface area contributed by atoms with Gasteiger partial charge in [0, 0.05) is 24.1 Å². The van der Waals surface area contributed by atoms with Crippen LogP contribution >= 0.6 is 0 Å². The van der Waals surface area contributed by atoms with Crippen LogP contribution in [0.4, 0.5) is 5.69 Å². The number of nitro groups is 1. The van der Waals surface area contributed by atoms with Crippen molar-refractivity contribution < 1.29 is 19.2 Å². The Kier molecular flexibility index (Phi) is 6.65. The molecule has 0 unspecified atom stereocenters. The first kappa shape index (κ1) is 20.1. The van der Waals surface area contributed by atoms with Gasteiger partial charge in [0.25, 0.3) is 11.6 Å². The minimum Gasteiger partial charge on any atom is -0.467 e. The Bertz CT molecular complexity index is 846. The van der Waals surface area contributed by atoms with E-state index in [1.807, 2.05) is 32.0 Å². The minimum atomic E-state index is -0.895. The van der Waals surface area contributed by atoms with Gasteiger partial charge >= 0.3 is 5.97 Å². The molecule has 2 rings (SSSR count). The van der Waals surface area contributed by atoms with Crippen molar-refractivity contribution in [2.45, 2.75) is 32.7 Å². The third-order valence-electron chi connectivity index (χ3n) is 4.35. The lowest BCUT2D eigenvalue weighted by molar-refractivity contribution is -0.384. The number of hydrogen-bond donors (Lipinski definition) is 1. The molecular weight excluding hydrogens is 348 g/mol. The summed E-state index contributed by atoms with van der Waals surface area (Å²) in [6, 6.07) is 10.6. The number of benzene rings is 2. The quantitative estimate of drug-likeness (QED) is 0.459. The predicted octanol–water partition coefficient (Wildman–Crippen LogP) is 2.98. The second-order valence-corrected chi connectivity index (χ2v) is 6.14. The fraction of sp³-hybridized carbons (Fsp3) is 0.300. The third kappa shape index (κ3) is 4.91. The number of amides is 1. The monoisotopic (exact) mass is 370 g/mol. The van der Waals surface area contributed by atoms with Gasteiger partial charge in [-0.1, -0.05) is 37.3 Å². The van der Waals surface area contributed by atoms with Crippen LogP contribution in [0, 0.1) is 17.0 Å². The van der Waals surface area contributed by atoms with Gasteiger partial charge in [-0.25, -0.2) is 4.79 Å². The van der Waals surface area contributed by atoms with Gasteiger partial charge in [-0.3, -0.25) is 14.9 Å². The first-order chi connectivity index (χ1) is 12.9. The van der Waals surface area contributed by atoms with Crippen molar-refractivity contribution in [2.24, 2.45) is 0 Å². The predicted molar refractivity (Wildman–Crippen MR) is 101 cm³/mol. The summed E-state index contributed by atoms with van der Waals surface area (Å²) >= 11 is 0. The number of hydrogen-bond acceptors (Lipinski definition) is 5. The van der Waals surface area contributed by atoms with Crippen molar-refractivity contribution in [1.82, 2.24) is 5.32 Å². The highest BCUT2D eigenvalue weighted by Crippen LogP contribution is 2.17. The van der Waals surface area contributed by atoms with Crippen LogP contribution in [0.5, 0.6) is 0 Å². The molecular formula is C20H22N2O5. The summed E-state index contributed by atoms with van der Waals surface area (Å²) in [6.07, 6.45) is 0.861. The van der Waals surface area contributed by atoms with Crippen LogP contribution < -0.4 is 5.32 Å². The maximum atomic E-state index is 12.8. The summed E-state index contributed by atoms with van der Waals surface area (Å²) < 4.78 is 4.81. The molecule has 27 heavy (non-hydrogen) atoms. The Labute approximate surface area is 157 Å². The van der Waals surface area contributed by atoms with E-state index in [2.05, 4.69) is 5.32 Å². The number of nitro benzene ring substituents is 1. The summed E-state index contributed by atoms with van der Waals surface area (Å²) in [6.45, 7) is 3.80. The van der Waals surface area contributed by atoms with Crippen LogP contribution in [-0.4, -0.2) is 30.0 Å². The van der Waals surface area contributed by atoms with Crippen LogP contribution in [-0.2, 0) is 22.4 Å². The molecule has 0 saturated heterocycles. The molecule has 0 fully saturated rings. The zero-order valence-corrected chi connectivity index (χ0v) is 15.5. The van der Waals surface area contributed by atoms with Crippen molar-refractivity contribution in [3.63, 3.8) is 0 Å². The van der Waals surface area contributed by atoms with Crippen LogP contribution in [0.1, 0.15) is 34.0 Å². The molecule has 0 aromatic heterocycles. The Hall–Kier alpha value is -3.22. The van der Waals surface area contributed by atoms with Gasteiger partial charge in [-0.15, -0.1) is 0 Å². The van der Waals surface area contributed by atoms with E-state index in [0.29, 0.717) is 17.5 Å². The van der Waals surface area contributed by atoms with Crippen LogP contribution in [0.25, 0.3) is 0 Å². The highest BCUT2D eigenvalue weighted by Gasteiger charge is 2.24. The molecule has 0 bridgehead atoms. The summed E-state index contributed by atoms with van der Waals surface area (Å²) in [7, 11) is 1.25. The number of rotatable bonds is 7. The van der Waals surface area contributed by atoms with E-state index < -0.39 is 16.9 Å². The molecule has 142 valence electrons. The zero-order valence-electron chi connectivity index (χ0n) is 15.5. The lowest BCUT2D eigenvalue weighted by atomic mass is 9.98. The number of carbonyl (C=O) groups excluding carboxylic acids is 2. The summed E-state index contributed by atoms with van der Waals surface area (Å²) in [4.78, 5) is 35.2. The molecule has 1 atom stereocenters. The summed E-state index contributed by atoms with van der Waals surface area (Å²) in [5.41, 5.74) is 2.91. The lowest BCUT2D eigenvalue weighted by Crippen LogP contribution is -2.43. The standard InChI is InChI=1S/C20H22N2O5/c1-4-15-7-5-6-13(2)18(15)19(23)21-17(20(24)27-3)12-14-8-10-16(11-9-14)22(25)26/h5-11,17H,4,12H2,1-3H3,(H,21,23)/t17-/m0/s1. The van der Waals surface area contributed by atoms with E-state index >= 15 is 0 Å². The maximum Gasteiger partial charge on any atom is 0.328 e. The van der Waals surface area contributed by atoms with Gasteiger partial charge in [0.2, 0.25) is 0 Å². The van der Waals surface area contributed by atoms with Crippen molar-refractivity contribution in [3.8, 4) is 0 Å². The van der Waals surface area contributed by atoms with Gasteiger partial charge in [0.15, 0.2) is 0 Å². The minimum absolute atomic E-state index is 0.0371. The summed E-state index contributed by atoms with van der Waals surface area (Å²) in [5, 5.41) is 13.5. The lowest BCUT2D eigenvalue weighted by Gasteiger charge is -2.18. The van der Waals surface area contributed by atoms with Gasteiger partial charge in [-0.2, -0.15) is 0 Å². The van der Waals surface area contributed by atoms with Gasteiger partial charge in [-0.05, 0) is 30.0 Å². The smallest absolute Gasteiger partial charge is 0.328 e. The van der Waals surface area contributed by atoms with Gasteiger partial charge in [0.1, 0.15) is 6.04 Å². The van der Waals surface area contributed by atoms with E-state index in [9.17, 15) is 19.7 Å². The number of non-ortho nitro benzene ring substituents is 1. The molecule has 0 spiro atoms. The molecule has 1 N–H and O–H groups in total. The van der Waals surface area contributed by atoms with E-state index in [1.54, 1.807) is 12.1 Å². The van der Waals surface area contributed by atoms with Crippen molar-refractivity contribution >= 4 is 17.6 Å². The number of nitrogens with zero attached hydrogens (tertiary/aromatic N) is 1. The molecule has 0 aliphatic rings. The first-order valence-electron chi connectivity index (χ1n) is 8.57. The molecule has 7 heteroatoms. The fourth-order valence-electron chi connectivity index (χ4n) is 2.90. The average Bonchev–Trinajstić information content (AvgIpc) is 2.66. The highest BCUT2D eigenvalue weighted by molar-refractivity contribution is 5.99. The number of nitrogens with one attached hydrogen (secondary N) is 1. The van der Waals surface area contributed by atoms with Crippen molar-refractivity contribution in [2.75, 3.05) is 7.11 Å². The highest BCUT2D eigenvalue weighted by atomic mass is 16.6. The average molecular weight is 370 g/mol. The number of methoxy groups -OCH3 is 1. The molecule has 0 aliphatic heterocycles. The molecule has 2 aromatic carbocycles. The molecule has 0 saturated carbocycles. The Morgan fingerprint density at radius 1 is 1.19 bits per heavy atom. The normalized spacial score (nSPS) is 11.5. The van der Waals surface area contributed by atoms with Gasteiger partial charge < -0.3 is 10.1 Å². The number of ether oxygens (including phenoxy) is 1. The molecule has 0 radical (unpaired) electrons. The second kappa shape index (κ2) is 8.93. The Balaban J connectivity index is 2.23. The Morgan fingerprint density at radius 3 is 2.41 bits per heavy atom. The molecule has 1 amide bonds. The fourth-order valence-corrected chi connectivity index (χ4v) is 2.90. The van der Waals surface area contributed by atoms with Crippen molar-refractivity contribution in [3.05, 3.63) is 74.8 Å². The molecule has 0 heterocycles. The van der Waals surface area contributed by atoms with Crippen LogP contribution in [0.3, 0.4) is 0 Å². The number of esters is 1. The van der Waals surface area contributed by atoms with Crippen LogP contribution in [0.15, 0.2) is 42.5 Å². The third-order valence-corrected chi connectivity index (χ3v) is 4.35. The Morgan fingerprint density at radius 2 is 1.85 bits per heavy atom. The SMILES string of the molecule is CCc1cccc(C)c1C(=O)N[C@@H](Cc1ccc([N+](=O)[O-])cc1)C(=O)OC. The zero-order chi connectivity index (χ0) is 20.0. The molecule has 7 nitrogen and oxygen atoms in total. The molecule has 2 aromatic rings. The van der Waals surface area contributed by atoms with E-state index in [1.165, 1.54) is 19.2 Å². The first-order valence-corrected chi connectivity index (χ1v) is 8.57. The summed E-state index contributed by atoms with van der Waals surface area (Å²) in [5.74, 6) is -0.921. The number of carbonyl (C=O) groups is 2. The van der Waals surface area contributed by atoms with Crippen molar-refractivity contribution in [1.29, 1.82) is 0 Å². The number of aryl methyl sites for hydroxylation is 2. The van der Waals surface area contributed by atoms with Crippen LogP contribution in [0.2, 0.25) is 0 Å². The molecule has 0 aliphatic carbocycles. The van der Waals surface area contributed by atoms with E-state index in [-0.39, 0.29) is 18.0 Å². The van der Waals surface area contributed by atoms with E-state index in [4.69, 9.17) is 4.74 Å². The largest absolute Gasteiger partial charge is 0.467 e. The second-order valence-electron chi connectivity index (χ2n) is 6.14. The topological polar surface area (TPSA) is 98.5 Å². The van der Waals surface area contributed by atoms with Gasteiger partial charge in [0.05, 0.1) is 12.0 Å². The van der Waals surface area contributed by atoms with E-state index in [0.717, 1.165) is 11.1 Å². The maximum absolute atomic E-state index is 12.8.